The molecule has 2 heterocycles. The number of rotatable bonds is 8. The van der Waals surface area contributed by atoms with Gasteiger partial charge in [0.25, 0.3) is 0 Å². The average Bonchev–Trinajstić information content (AvgIpc) is 1.52. The fourth-order valence-electron chi connectivity index (χ4n) is 17.3. The molecule has 19 heteroatoms. The van der Waals surface area contributed by atoms with Gasteiger partial charge in [-0.3, -0.25) is 19.2 Å². The zero-order valence-electron chi connectivity index (χ0n) is 49.4. The van der Waals surface area contributed by atoms with Crippen LogP contribution in [0.15, 0.2) is 72.8 Å². The van der Waals surface area contributed by atoms with Crippen molar-refractivity contribution in [3.05, 3.63) is 127 Å². The standard InChI is InChI=1S/C34H40Cl2FNO4.C26H26Cl2FNO3.C7H15NO2.ClH/c1-31(2)12-14-32(15-13-31)18-23(27(40)16-20-8-10-33(42,19-39)11-9-20)28(22-4-3-5-25(36)29(22)37)34(32)24-7-6-21(35)17-26(24)38-30(34)41;1-24(2)8-10-25(11-9-24)13-16(22(31)32)20(15-4-3-5-18(28)21(15)29)26(25)17-7-6-14(27)12-19(17)30-23(26)33;8-6-1-3-7(10,5-9)4-2-6;/h3-7,17,20,23,28,39,42H,8-16,18-19H2,1-2H3,(H,38,41);3-7,12,16,20H,8-11,13H2,1-2H3,(H,30,33)(H,31,32);6,9-10H,1-5,8H2;1H/t20?,23-,28-,33?,34+;16-,20+,26?;;/m01../s1. The lowest BCUT2D eigenvalue weighted by Crippen LogP contribution is -2.52. The van der Waals surface area contributed by atoms with Crippen LogP contribution in [0.5, 0.6) is 0 Å². The molecule has 0 saturated heterocycles. The highest BCUT2D eigenvalue weighted by Gasteiger charge is 2.74. The van der Waals surface area contributed by atoms with Gasteiger partial charge in [-0.1, -0.05) is 110 Å². The molecule has 4 aromatic rings. The summed E-state index contributed by atoms with van der Waals surface area (Å²) in [7, 11) is 0. The van der Waals surface area contributed by atoms with E-state index in [9.17, 15) is 39.6 Å². The van der Waals surface area contributed by atoms with E-state index >= 15 is 8.78 Å². The van der Waals surface area contributed by atoms with Crippen molar-refractivity contribution in [2.75, 3.05) is 23.8 Å². The third kappa shape index (κ3) is 11.6. The van der Waals surface area contributed by atoms with E-state index in [1.165, 1.54) is 12.1 Å². The summed E-state index contributed by atoms with van der Waals surface area (Å²) in [5.41, 5.74) is 3.60. The Morgan fingerprint density at radius 2 is 0.965 bits per heavy atom. The van der Waals surface area contributed by atoms with E-state index in [2.05, 4.69) is 38.3 Å². The molecule has 12 nitrogen and oxygen atoms in total. The highest BCUT2D eigenvalue weighted by molar-refractivity contribution is 6.32. The quantitative estimate of drug-likeness (QED) is 0.0834. The summed E-state index contributed by atoms with van der Waals surface area (Å²) >= 11 is 25.1. The second-order valence-electron chi connectivity index (χ2n) is 28.2. The van der Waals surface area contributed by atoms with Crippen molar-refractivity contribution in [3.63, 3.8) is 0 Å². The van der Waals surface area contributed by atoms with Crippen molar-refractivity contribution in [1.82, 2.24) is 0 Å². The van der Waals surface area contributed by atoms with Gasteiger partial charge in [0.05, 0.1) is 51.2 Å². The molecule has 2 aliphatic heterocycles. The number of ketones is 1. The first-order chi connectivity index (χ1) is 40.0. The second-order valence-corrected chi connectivity index (χ2v) is 29.9. The van der Waals surface area contributed by atoms with E-state index in [1.807, 2.05) is 12.1 Å². The average molecular weight is 1290 g/mol. The molecule has 4 spiro atoms. The van der Waals surface area contributed by atoms with Crippen molar-refractivity contribution in [3.8, 4) is 0 Å². The highest BCUT2D eigenvalue weighted by atomic mass is 35.5. The number of nitrogens with one attached hydrogen (secondary N) is 2. The summed E-state index contributed by atoms with van der Waals surface area (Å²) in [6.07, 6.45) is 12.6. The SMILES string of the molecule is CC1(C)CCC2(CC1)C[C@@H](C(=O)CC1CCC(O)(CO)CC1)[C@H](c1cccc(Cl)c1F)[C@]21C(=O)Nc2cc(Cl)ccc21.CC1(C)CCC2(CC1)C[C@@H](C(=O)O)[C@H](c1cccc(Cl)c1F)C21C(=O)Nc2cc(Cl)ccc21.Cl.NC1CCC(O)(CO)CC1. The molecule has 6 fully saturated rings. The monoisotopic (exact) mass is 1290 g/mol. The number of Topliss-reactive ketones (excluding diaryl/α,β-unsaturated/α-hetero) is 1. The normalized spacial score (nSPS) is 32.3. The number of carbonyl (C=O) groups is 4. The van der Waals surface area contributed by atoms with E-state index < -0.39 is 74.1 Å². The number of amides is 2. The number of benzene rings is 4. The van der Waals surface area contributed by atoms with E-state index in [0.717, 1.165) is 56.9 Å². The molecule has 8 aliphatic rings. The van der Waals surface area contributed by atoms with Crippen LogP contribution in [0.3, 0.4) is 0 Å². The van der Waals surface area contributed by atoms with Crippen LogP contribution in [0, 0.1) is 51.0 Å². The van der Waals surface area contributed by atoms with Gasteiger partial charge >= 0.3 is 5.97 Å². The van der Waals surface area contributed by atoms with Crippen LogP contribution in [0.1, 0.15) is 184 Å². The summed E-state index contributed by atoms with van der Waals surface area (Å²) < 4.78 is 31.6. The van der Waals surface area contributed by atoms with Crippen LogP contribution in [-0.2, 0) is 30.0 Å². The number of carboxylic acid groups (broad SMARTS) is 1. The number of fused-ring (bicyclic) bond motifs is 6. The second kappa shape index (κ2) is 24.7. The lowest BCUT2D eigenvalue weighted by Gasteiger charge is -2.51. The molecule has 468 valence electrons. The number of aliphatic carboxylic acids is 1. The predicted octanol–water partition coefficient (Wildman–Crippen LogP) is 14.4. The molecule has 0 radical (unpaired) electrons. The number of carbonyl (C=O) groups excluding carboxylic acids is 3. The summed E-state index contributed by atoms with van der Waals surface area (Å²) in [5.74, 6) is -5.73. The van der Waals surface area contributed by atoms with Gasteiger partial charge in [-0.2, -0.15) is 0 Å². The first-order valence-corrected chi connectivity index (χ1v) is 31.8. The fraction of sp³-hybridized carbons (Fsp3) is 0.582. The minimum absolute atomic E-state index is 0. The van der Waals surface area contributed by atoms with E-state index in [-0.39, 0.29) is 81.6 Å². The van der Waals surface area contributed by atoms with Crippen molar-refractivity contribution in [2.24, 2.45) is 45.1 Å². The van der Waals surface area contributed by atoms with Gasteiger partial charge < -0.3 is 41.9 Å². The van der Waals surface area contributed by atoms with Gasteiger partial charge in [-0.25, -0.2) is 8.78 Å². The van der Waals surface area contributed by atoms with Crippen LogP contribution in [-0.4, -0.2) is 79.6 Å². The molecule has 9 N–H and O–H groups in total. The molecule has 0 aromatic heterocycles. The van der Waals surface area contributed by atoms with Crippen molar-refractivity contribution in [1.29, 1.82) is 0 Å². The molecule has 6 saturated carbocycles. The third-order valence-electron chi connectivity index (χ3n) is 22.2. The van der Waals surface area contributed by atoms with Crippen molar-refractivity contribution in [2.45, 2.75) is 190 Å². The molecule has 4 aromatic carbocycles. The number of hydrogen-bond acceptors (Lipinski definition) is 9. The van der Waals surface area contributed by atoms with Gasteiger partial charge in [0.2, 0.25) is 11.8 Å². The molecule has 6 aliphatic carbocycles. The molecular weight excluding hydrogens is 1210 g/mol. The van der Waals surface area contributed by atoms with E-state index in [0.29, 0.717) is 103 Å². The Balaban J connectivity index is 0.000000178. The van der Waals surface area contributed by atoms with Gasteiger partial charge in [0.1, 0.15) is 17.4 Å². The Kier molecular flexibility index (Phi) is 19.1. The number of aliphatic hydroxyl groups is 4. The molecule has 1 unspecified atom stereocenters. The molecule has 0 bridgehead atoms. The molecule has 86 heavy (non-hydrogen) atoms. The summed E-state index contributed by atoms with van der Waals surface area (Å²) in [6.45, 7) is 8.49. The van der Waals surface area contributed by atoms with Gasteiger partial charge in [0, 0.05) is 51.6 Å². The Morgan fingerprint density at radius 1 is 0.581 bits per heavy atom. The smallest absolute Gasteiger partial charge is 0.307 e. The highest BCUT2D eigenvalue weighted by Crippen LogP contribution is 2.74. The summed E-state index contributed by atoms with van der Waals surface area (Å²) in [5, 5.41) is 55.7. The van der Waals surface area contributed by atoms with Crippen LogP contribution in [0.2, 0.25) is 20.1 Å². The van der Waals surface area contributed by atoms with E-state index in [4.69, 9.17) is 57.2 Å². The predicted molar refractivity (Wildman–Crippen MR) is 334 cm³/mol. The summed E-state index contributed by atoms with van der Waals surface area (Å²) in [6, 6.07) is 20.5. The van der Waals surface area contributed by atoms with Crippen molar-refractivity contribution < 1.29 is 53.5 Å². The van der Waals surface area contributed by atoms with Crippen molar-refractivity contribution >= 4 is 93.8 Å². The first-order valence-electron chi connectivity index (χ1n) is 30.3. The zero-order valence-corrected chi connectivity index (χ0v) is 53.2. The maximum atomic E-state index is 16.1. The minimum atomic E-state index is -1.22. The van der Waals surface area contributed by atoms with Crippen LogP contribution >= 0.6 is 58.8 Å². The third-order valence-corrected chi connectivity index (χ3v) is 23.3. The van der Waals surface area contributed by atoms with Crippen LogP contribution in [0.4, 0.5) is 20.2 Å². The minimum Gasteiger partial charge on any atom is -0.481 e. The van der Waals surface area contributed by atoms with E-state index in [1.54, 1.807) is 48.5 Å². The Labute approximate surface area is 529 Å². The molecule has 2 amide bonds. The Morgan fingerprint density at radius 3 is 1.36 bits per heavy atom. The topological polar surface area (TPSA) is 220 Å². The zero-order chi connectivity index (χ0) is 61.5. The van der Waals surface area contributed by atoms with Gasteiger partial charge in [0.15, 0.2) is 0 Å². The molecule has 12 rings (SSSR count). The number of carboxylic acids is 1. The lowest BCUT2D eigenvalue weighted by molar-refractivity contribution is -0.142. The summed E-state index contributed by atoms with van der Waals surface area (Å²) in [4.78, 5) is 55.7. The largest absolute Gasteiger partial charge is 0.481 e. The fourth-order valence-corrected chi connectivity index (χ4v) is 18.0. The number of hydrogen-bond donors (Lipinski definition) is 8. The first kappa shape index (κ1) is 66.5. The number of halogens is 7. The van der Waals surface area contributed by atoms with Gasteiger partial charge in [-0.15, -0.1) is 12.4 Å². The maximum Gasteiger partial charge on any atom is 0.307 e. The maximum absolute atomic E-state index is 16.1. The number of nitrogens with two attached hydrogens (primary N) is 1. The number of aliphatic hydroxyl groups excluding tert-OH is 2. The lowest BCUT2D eigenvalue weighted by atomic mass is 9.51. The van der Waals surface area contributed by atoms with Gasteiger partial charge in [-0.05, 0) is 202 Å². The molecular formula is C67H82Cl5F2N3O9. The van der Waals surface area contributed by atoms with Crippen LogP contribution < -0.4 is 16.4 Å². The van der Waals surface area contributed by atoms with Crippen LogP contribution in [0.25, 0.3) is 0 Å². The number of anilines is 2. The Hall–Kier alpha value is -3.93. The molecule has 6 atom stereocenters. The Bertz CT molecular complexity index is 3240.